The number of aliphatic hydroxyl groups excluding tert-OH is 1. The van der Waals surface area contributed by atoms with E-state index in [1.54, 1.807) is 11.3 Å². The molecule has 0 amide bonds. The van der Waals surface area contributed by atoms with Crippen molar-refractivity contribution >= 4 is 11.3 Å². The van der Waals surface area contributed by atoms with Gasteiger partial charge in [0, 0.05) is 17.5 Å². The predicted molar refractivity (Wildman–Crippen MR) is 77.0 cm³/mol. The molecular weight excluding hydrogens is 244 g/mol. The van der Waals surface area contributed by atoms with Gasteiger partial charge in [0.15, 0.2) is 0 Å². The van der Waals surface area contributed by atoms with E-state index >= 15 is 0 Å². The van der Waals surface area contributed by atoms with E-state index < -0.39 is 0 Å². The Balaban J connectivity index is 1.73. The zero-order valence-corrected chi connectivity index (χ0v) is 12.2. The van der Waals surface area contributed by atoms with Crippen molar-refractivity contribution in [3.05, 3.63) is 22.4 Å². The SMILES string of the molecule is CN1CCC(N(C)CCC(O)c2cccs2)CC1. The first-order valence-electron chi connectivity index (χ1n) is 6.77. The summed E-state index contributed by atoms with van der Waals surface area (Å²) in [5.74, 6) is 0. The molecule has 4 heteroatoms. The molecule has 0 saturated carbocycles. The van der Waals surface area contributed by atoms with Gasteiger partial charge < -0.3 is 14.9 Å². The zero-order chi connectivity index (χ0) is 13.0. The van der Waals surface area contributed by atoms with Gasteiger partial charge in [0.1, 0.15) is 0 Å². The zero-order valence-electron chi connectivity index (χ0n) is 11.4. The molecule has 3 nitrogen and oxygen atoms in total. The topological polar surface area (TPSA) is 26.7 Å². The first-order chi connectivity index (χ1) is 8.66. The molecule has 1 aromatic rings. The largest absolute Gasteiger partial charge is 0.388 e. The summed E-state index contributed by atoms with van der Waals surface area (Å²) in [5, 5.41) is 12.1. The molecule has 1 fully saturated rings. The molecule has 1 aliphatic heterocycles. The van der Waals surface area contributed by atoms with Crippen LogP contribution in [0.3, 0.4) is 0 Å². The lowest BCUT2D eigenvalue weighted by atomic mass is 10.0. The van der Waals surface area contributed by atoms with E-state index in [0.29, 0.717) is 6.04 Å². The van der Waals surface area contributed by atoms with Crippen LogP contribution in [0, 0.1) is 0 Å². The summed E-state index contributed by atoms with van der Waals surface area (Å²) in [6, 6.07) is 4.71. The normalized spacial score (nSPS) is 20.4. The molecule has 102 valence electrons. The van der Waals surface area contributed by atoms with Crippen LogP contribution in [0.1, 0.15) is 30.2 Å². The smallest absolute Gasteiger partial charge is 0.0894 e. The average molecular weight is 268 g/mol. The third kappa shape index (κ3) is 3.79. The Kier molecular flexibility index (Phi) is 5.18. The lowest BCUT2D eigenvalue weighted by Crippen LogP contribution is -2.42. The summed E-state index contributed by atoms with van der Waals surface area (Å²) in [7, 11) is 4.38. The molecule has 1 unspecified atom stereocenters. The van der Waals surface area contributed by atoms with Crippen LogP contribution in [-0.2, 0) is 0 Å². The van der Waals surface area contributed by atoms with E-state index in [9.17, 15) is 5.11 Å². The van der Waals surface area contributed by atoms with Crippen molar-refractivity contribution in [2.24, 2.45) is 0 Å². The van der Waals surface area contributed by atoms with Crippen molar-refractivity contribution in [1.29, 1.82) is 0 Å². The van der Waals surface area contributed by atoms with Crippen LogP contribution in [0.15, 0.2) is 17.5 Å². The minimum atomic E-state index is -0.293. The Hall–Kier alpha value is -0.420. The van der Waals surface area contributed by atoms with Crippen LogP contribution in [0.5, 0.6) is 0 Å². The van der Waals surface area contributed by atoms with Crippen LogP contribution in [0.2, 0.25) is 0 Å². The Morgan fingerprint density at radius 3 is 2.83 bits per heavy atom. The van der Waals surface area contributed by atoms with Gasteiger partial charge in [0.05, 0.1) is 6.10 Å². The van der Waals surface area contributed by atoms with E-state index in [1.807, 2.05) is 17.5 Å². The van der Waals surface area contributed by atoms with Gasteiger partial charge in [-0.2, -0.15) is 0 Å². The van der Waals surface area contributed by atoms with E-state index in [2.05, 4.69) is 23.9 Å². The predicted octanol–water partition coefficient (Wildman–Crippen LogP) is 2.20. The van der Waals surface area contributed by atoms with Crippen molar-refractivity contribution in [2.75, 3.05) is 33.7 Å². The molecule has 1 N–H and O–H groups in total. The van der Waals surface area contributed by atoms with Gasteiger partial charge in [0.2, 0.25) is 0 Å². The Labute approximate surface area is 114 Å². The maximum Gasteiger partial charge on any atom is 0.0894 e. The molecule has 0 spiro atoms. The first kappa shape index (κ1) is 14.0. The fraction of sp³-hybridized carbons (Fsp3) is 0.714. The van der Waals surface area contributed by atoms with Gasteiger partial charge in [-0.1, -0.05) is 6.07 Å². The molecule has 18 heavy (non-hydrogen) atoms. The van der Waals surface area contributed by atoms with E-state index in [-0.39, 0.29) is 6.10 Å². The Bertz CT molecular complexity index is 334. The van der Waals surface area contributed by atoms with Gasteiger partial charge in [-0.15, -0.1) is 11.3 Å². The quantitative estimate of drug-likeness (QED) is 0.887. The third-order valence-electron chi connectivity index (χ3n) is 3.94. The molecule has 0 bridgehead atoms. The molecule has 1 aromatic heterocycles. The van der Waals surface area contributed by atoms with E-state index in [1.165, 1.54) is 25.9 Å². The number of hydrogen-bond donors (Lipinski definition) is 1. The maximum atomic E-state index is 10.1. The summed E-state index contributed by atoms with van der Waals surface area (Å²) < 4.78 is 0. The summed E-state index contributed by atoms with van der Waals surface area (Å²) in [4.78, 5) is 5.90. The molecular formula is C14H24N2OS. The van der Waals surface area contributed by atoms with Gasteiger partial charge >= 0.3 is 0 Å². The number of rotatable bonds is 5. The highest BCUT2D eigenvalue weighted by Crippen LogP contribution is 2.23. The summed E-state index contributed by atoms with van der Waals surface area (Å²) in [6.45, 7) is 3.37. The maximum absolute atomic E-state index is 10.1. The van der Waals surface area contributed by atoms with Gasteiger partial charge in [0.25, 0.3) is 0 Å². The van der Waals surface area contributed by atoms with E-state index in [4.69, 9.17) is 0 Å². The van der Waals surface area contributed by atoms with Gasteiger partial charge in [-0.25, -0.2) is 0 Å². The minimum absolute atomic E-state index is 0.293. The number of hydrogen-bond acceptors (Lipinski definition) is 4. The molecule has 2 heterocycles. The summed E-state index contributed by atoms with van der Waals surface area (Å²) in [6.07, 6.45) is 3.05. The Morgan fingerprint density at radius 1 is 1.50 bits per heavy atom. The van der Waals surface area contributed by atoms with Crippen LogP contribution >= 0.6 is 11.3 Å². The van der Waals surface area contributed by atoms with Crippen molar-refractivity contribution in [3.8, 4) is 0 Å². The van der Waals surface area contributed by atoms with Crippen molar-refractivity contribution < 1.29 is 5.11 Å². The standard InChI is InChI=1S/C14H24N2OS/c1-15-8-5-12(6-9-15)16(2)10-7-13(17)14-4-3-11-18-14/h3-4,11-13,17H,5-10H2,1-2H3. The second-order valence-corrected chi connectivity index (χ2v) is 6.31. The number of likely N-dealkylation sites (tertiary alicyclic amines) is 1. The lowest BCUT2D eigenvalue weighted by Gasteiger charge is -2.35. The fourth-order valence-corrected chi connectivity index (χ4v) is 3.31. The molecule has 0 radical (unpaired) electrons. The fourth-order valence-electron chi connectivity index (χ4n) is 2.57. The highest BCUT2D eigenvalue weighted by Gasteiger charge is 2.21. The average Bonchev–Trinajstić information content (AvgIpc) is 2.90. The molecule has 1 aliphatic rings. The highest BCUT2D eigenvalue weighted by molar-refractivity contribution is 7.10. The number of aliphatic hydroxyl groups is 1. The lowest BCUT2D eigenvalue weighted by molar-refractivity contribution is 0.111. The van der Waals surface area contributed by atoms with Gasteiger partial charge in [-0.05, 0) is 57.9 Å². The molecule has 0 aromatic carbocycles. The van der Waals surface area contributed by atoms with Crippen LogP contribution < -0.4 is 0 Å². The first-order valence-corrected chi connectivity index (χ1v) is 7.65. The van der Waals surface area contributed by atoms with Gasteiger partial charge in [-0.3, -0.25) is 0 Å². The van der Waals surface area contributed by atoms with Crippen molar-refractivity contribution in [2.45, 2.75) is 31.4 Å². The second-order valence-electron chi connectivity index (χ2n) is 5.33. The molecule has 2 rings (SSSR count). The summed E-state index contributed by atoms with van der Waals surface area (Å²) in [5.41, 5.74) is 0. The minimum Gasteiger partial charge on any atom is -0.388 e. The van der Waals surface area contributed by atoms with Crippen LogP contribution in [0.25, 0.3) is 0 Å². The monoisotopic (exact) mass is 268 g/mol. The second kappa shape index (κ2) is 6.66. The van der Waals surface area contributed by atoms with Crippen molar-refractivity contribution in [3.63, 3.8) is 0 Å². The number of piperidine rings is 1. The molecule has 0 aliphatic carbocycles. The molecule has 1 saturated heterocycles. The molecule has 1 atom stereocenters. The number of nitrogens with zero attached hydrogens (tertiary/aromatic N) is 2. The van der Waals surface area contributed by atoms with Crippen LogP contribution in [-0.4, -0.2) is 54.7 Å². The van der Waals surface area contributed by atoms with E-state index in [0.717, 1.165) is 17.8 Å². The Morgan fingerprint density at radius 2 is 2.22 bits per heavy atom. The highest BCUT2D eigenvalue weighted by atomic mass is 32.1. The van der Waals surface area contributed by atoms with Crippen LogP contribution in [0.4, 0.5) is 0 Å². The van der Waals surface area contributed by atoms with Crippen molar-refractivity contribution in [1.82, 2.24) is 9.80 Å². The third-order valence-corrected chi connectivity index (χ3v) is 4.91. The summed E-state index contributed by atoms with van der Waals surface area (Å²) >= 11 is 1.64. The number of thiophene rings is 1.